The van der Waals surface area contributed by atoms with Crippen molar-refractivity contribution in [3.05, 3.63) is 48.0 Å². The van der Waals surface area contributed by atoms with Crippen molar-refractivity contribution in [1.82, 2.24) is 0 Å². The number of ketones is 1. The number of carbonyl (C=O) groups excluding carboxylic acids is 1. The van der Waals surface area contributed by atoms with Gasteiger partial charge in [-0.15, -0.1) is 0 Å². The SMILES string of the molecule is O=C(C/C=C\Cc1ccccc1)C1C2CCCC1C2. The molecule has 2 atom stereocenters. The van der Waals surface area contributed by atoms with E-state index in [0.29, 0.717) is 18.1 Å². The summed E-state index contributed by atoms with van der Waals surface area (Å²) >= 11 is 0. The average Bonchev–Trinajstić information content (AvgIpc) is 2.45. The third-order valence-electron chi connectivity index (χ3n) is 4.82. The molecule has 2 aliphatic rings. The van der Waals surface area contributed by atoms with Crippen LogP contribution in [-0.4, -0.2) is 5.78 Å². The lowest BCUT2D eigenvalue weighted by molar-refractivity contribution is -0.134. The van der Waals surface area contributed by atoms with Gasteiger partial charge in [0.2, 0.25) is 0 Å². The third-order valence-corrected chi connectivity index (χ3v) is 4.82. The number of allylic oxidation sites excluding steroid dienone is 2. The second-order valence-electron chi connectivity index (χ2n) is 6.04. The molecule has 0 radical (unpaired) electrons. The Morgan fingerprint density at radius 2 is 1.84 bits per heavy atom. The summed E-state index contributed by atoms with van der Waals surface area (Å²) in [6.45, 7) is 0. The van der Waals surface area contributed by atoms with Gasteiger partial charge in [-0.3, -0.25) is 4.79 Å². The number of rotatable bonds is 5. The molecule has 0 amide bonds. The van der Waals surface area contributed by atoms with Crippen LogP contribution in [-0.2, 0) is 11.2 Å². The van der Waals surface area contributed by atoms with Crippen LogP contribution in [0.4, 0.5) is 0 Å². The molecule has 0 N–H and O–H groups in total. The zero-order valence-electron chi connectivity index (χ0n) is 11.4. The molecule has 2 bridgehead atoms. The predicted molar refractivity (Wildman–Crippen MR) is 77.8 cm³/mol. The molecule has 2 saturated carbocycles. The van der Waals surface area contributed by atoms with E-state index in [-0.39, 0.29) is 0 Å². The van der Waals surface area contributed by atoms with Crippen molar-refractivity contribution in [2.24, 2.45) is 17.8 Å². The van der Waals surface area contributed by atoms with Gasteiger partial charge in [-0.1, -0.05) is 48.9 Å². The first kappa shape index (κ1) is 12.7. The van der Waals surface area contributed by atoms with Crippen molar-refractivity contribution in [2.45, 2.75) is 38.5 Å². The summed E-state index contributed by atoms with van der Waals surface area (Å²) in [5.41, 5.74) is 1.31. The van der Waals surface area contributed by atoms with Gasteiger partial charge < -0.3 is 0 Å². The molecule has 19 heavy (non-hydrogen) atoms. The molecule has 0 spiro atoms. The summed E-state index contributed by atoms with van der Waals surface area (Å²) in [7, 11) is 0. The van der Waals surface area contributed by atoms with E-state index < -0.39 is 0 Å². The Hall–Kier alpha value is -1.37. The van der Waals surface area contributed by atoms with Crippen LogP contribution in [0.15, 0.2) is 42.5 Å². The minimum Gasteiger partial charge on any atom is -0.299 e. The summed E-state index contributed by atoms with van der Waals surface area (Å²) in [5, 5.41) is 0. The molecule has 2 fully saturated rings. The van der Waals surface area contributed by atoms with E-state index in [9.17, 15) is 4.79 Å². The van der Waals surface area contributed by atoms with Crippen LogP contribution in [0, 0.1) is 17.8 Å². The van der Waals surface area contributed by atoms with Crippen LogP contribution >= 0.6 is 0 Å². The number of fused-ring (bicyclic) bond motifs is 2. The lowest BCUT2D eigenvalue weighted by atomic mass is 9.55. The summed E-state index contributed by atoms with van der Waals surface area (Å²) in [6.07, 6.45) is 11.1. The minimum absolute atomic E-state index is 0.412. The standard InChI is InChI=1S/C18H22O/c19-17(18-15-10-6-11-16(18)13-15)12-5-4-9-14-7-2-1-3-8-14/h1-5,7-8,15-16,18H,6,9-13H2/b5-4-. The molecule has 2 aliphatic carbocycles. The summed E-state index contributed by atoms with van der Waals surface area (Å²) in [6, 6.07) is 10.4. The quantitative estimate of drug-likeness (QED) is 0.720. The number of hydrogen-bond donors (Lipinski definition) is 0. The highest BCUT2D eigenvalue weighted by atomic mass is 16.1. The number of hydrogen-bond acceptors (Lipinski definition) is 1. The van der Waals surface area contributed by atoms with Crippen LogP contribution in [0.1, 0.15) is 37.7 Å². The highest BCUT2D eigenvalue weighted by Gasteiger charge is 2.46. The van der Waals surface area contributed by atoms with Crippen molar-refractivity contribution in [3.8, 4) is 0 Å². The lowest BCUT2D eigenvalue weighted by Crippen LogP contribution is -2.45. The highest BCUT2D eigenvalue weighted by Crippen LogP contribution is 2.51. The van der Waals surface area contributed by atoms with E-state index in [1.54, 1.807) is 0 Å². The first-order valence-corrected chi connectivity index (χ1v) is 7.56. The van der Waals surface area contributed by atoms with Crippen molar-refractivity contribution >= 4 is 5.78 Å². The second kappa shape index (κ2) is 5.73. The summed E-state index contributed by atoms with van der Waals surface area (Å²) in [5.74, 6) is 2.36. The van der Waals surface area contributed by atoms with Gasteiger partial charge in [0.1, 0.15) is 5.78 Å². The topological polar surface area (TPSA) is 17.1 Å². The molecule has 2 unspecified atom stereocenters. The molecule has 0 aromatic heterocycles. The first-order valence-electron chi connectivity index (χ1n) is 7.56. The molecule has 1 aromatic rings. The zero-order valence-corrected chi connectivity index (χ0v) is 11.4. The molecular weight excluding hydrogens is 232 g/mol. The van der Waals surface area contributed by atoms with Gasteiger partial charge in [-0.2, -0.15) is 0 Å². The van der Waals surface area contributed by atoms with Crippen LogP contribution in [0.25, 0.3) is 0 Å². The Morgan fingerprint density at radius 3 is 2.53 bits per heavy atom. The van der Waals surface area contributed by atoms with Gasteiger partial charge >= 0.3 is 0 Å². The fourth-order valence-electron chi connectivity index (χ4n) is 3.80. The van der Waals surface area contributed by atoms with Crippen molar-refractivity contribution < 1.29 is 4.79 Å². The number of carbonyl (C=O) groups is 1. The Kier molecular flexibility index (Phi) is 3.82. The summed E-state index contributed by atoms with van der Waals surface area (Å²) < 4.78 is 0. The minimum atomic E-state index is 0.412. The molecule has 1 nitrogen and oxygen atoms in total. The monoisotopic (exact) mass is 254 g/mol. The largest absolute Gasteiger partial charge is 0.299 e. The van der Waals surface area contributed by atoms with Crippen molar-refractivity contribution in [2.75, 3.05) is 0 Å². The smallest absolute Gasteiger partial charge is 0.140 e. The fourth-order valence-corrected chi connectivity index (χ4v) is 3.80. The first-order chi connectivity index (χ1) is 9.34. The van der Waals surface area contributed by atoms with Gasteiger partial charge in [0.15, 0.2) is 0 Å². The second-order valence-corrected chi connectivity index (χ2v) is 6.04. The molecule has 1 aromatic carbocycles. The lowest BCUT2D eigenvalue weighted by Gasteiger charge is -2.48. The van der Waals surface area contributed by atoms with Gasteiger partial charge in [0.05, 0.1) is 0 Å². The van der Waals surface area contributed by atoms with Gasteiger partial charge in [0, 0.05) is 12.3 Å². The maximum Gasteiger partial charge on any atom is 0.140 e. The Labute approximate surface area is 115 Å². The Balaban J connectivity index is 1.46. The van der Waals surface area contributed by atoms with Crippen LogP contribution in [0.2, 0.25) is 0 Å². The number of Topliss-reactive ketones (excluding diaryl/α,β-unsaturated/α-hetero) is 1. The van der Waals surface area contributed by atoms with Gasteiger partial charge in [-0.05, 0) is 43.1 Å². The molecule has 3 rings (SSSR count). The normalized spacial score (nSPS) is 29.2. The summed E-state index contributed by atoms with van der Waals surface area (Å²) in [4.78, 5) is 12.2. The molecule has 0 aliphatic heterocycles. The Bertz CT molecular complexity index is 446. The zero-order chi connectivity index (χ0) is 13.1. The predicted octanol–water partition coefficient (Wildman–Crippen LogP) is 4.18. The molecule has 0 saturated heterocycles. The van der Waals surface area contributed by atoms with Crippen molar-refractivity contribution in [3.63, 3.8) is 0 Å². The number of benzene rings is 1. The third kappa shape index (κ3) is 2.80. The van der Waals surface area contributed by atoms with E-state index >= 15 is 0 Å². The van der Waals surface area contributed by atoms with E-state index in [2.05, 4.69) is 36.4 Å². The van der Waals surface area contributed by atoms with E-state index in [1.165, 1.54) is 31.2 Å². The van der Waals surface area contributed by atoms with Gasteiger partial charge in [0.25, 0.3) is 0 Å². The van der Waals surface area contributed by atoms with Gasteiger partial charge in [-0.25, -0.2) is 0 Å². The maximum atomic E-state index is 12.2. The van der Waals surface area contributed by atoms with Crippen LogP contribution in [0.5, 0.6) is 0 Å². The molecular formula is C18H22O. The van der Waals surface area contributed by atoms with E-state index in [4.69, 9.17) is 0 Å². The van der Waals surface area contributed by atoms with E-state index in [0.717, 1.165) is 18.3 Å². The molecule has 1 heteroatoms. The van der Waals surface area contributed by atoms with E-state index in [1.807, 2.05) is 6.07 Å². The van der Waals surface area contributed by atoms with Crippen LogP contribution in [0.3, 0.4) is 0 Å². The average molecular weight is 254 g/mol. The molecule has 100 valence electrons. The van der Waals surface area contributed by atoms with Crippen molar-refractivity contribution in [1.29, 1.82) is 0 Å². The van der Waals surface area contributed by atoms with Crippen LogP contribution < -0.4 is 0 Å². The molecule has 0 heterocycles. The highest BCUT2D eigenvalue weighted by molar-refractivity contribution is 5.84. The fraction of sp³-hybridized carbons (Fsp3) is 0.500. The maximum absolute atomic E-state index is 12.2. The Morgan fingerprint density at radius 1 is 1.11 bits per heavy atom.